The lowest BCUT2D eigenvalue weighted by Gasteiger charge is -2.44. The average Bonchev–Trinajstić information content (AvgIpc) is 2.73. The molecule has 0 aliphatic heterocycles. The summed E-state index contributed by atoms with van der Waals surface area (Å²) in [5, 5.41) is 2.69. The Balaban J connectivity index is 2.81. The van der Waals surface area contributed by atoms with Crippen molar-refractivity contribution >= 4 is 34.1 Å². The molecule has 2 rings (SSSR count). The molecule has 3 nitrogen and oxygen atoms in total. The summed E-state index contributed by atoms with van der Waals surface area (Å²) in [4.78, 5) is 0. The van der Waals surface area contributed by atoms with E-state index in [1.807, 2.05) is 20.8 Å². The smallest absolute Gasteiger partial charge is 0.376 e. The number of hydrogen-bond acceptors (Lipinski definition) is 3. The maximum absolute atomic E-state index is 6.43. The van der Waals surface area contributed by atoms with Gasteiger partial charge in [-0.3, -0.25) is 0 Å². The van der Waals surface area contributed by atoms with Gasteiger partial charge >= 0.3 is 8.32 Å². The molecule has 0 atom stereocenters. The van der Waals surface area contributed by atoms with Crippen molar-refractivity contribution in [2.75, 3.05) is 19.8 Å². The van der Waals surface area contributed by atoms with E-state index in [1.165, 1.54) is 10.4 Å². The van der Waals surface area contributed by atoms with E-state index in [0.717, 1.165) is 0 Å². The molecule has 0 aliphatic rings. The van der Waals surface area contributed by atoms with Crippen molar-refractivity contribution in [1.82, 2.24) is 0 Å². The molecule has 0 N–H and O–H groups in total. The number of benzene rings is 2. The van der Waals surface area contributed by atoms with Gasteiger partial charge in [0.05, 0.1) is 0 Å². The van der Waals surface area contributed by atoms with Crippen LogP contribution < -0.4 is 10.4 Å². The molecular weight excluding hydrogens is 396 g/mol. The van der Waals surface area contributed by atoms with Gasteiger partial charge in [0.15, 0.2) is 7.11 Å². The van der Waals surface area contributed by atoms with E-state index in [0.29, 0.717) is 19.8 Å². The fourth-order valence-corrected chi connectivity index (χ4v) is 30.6. The van der Waals surface area contributed by atoms with E-state index >= 15 is 0 Å². The third kappa shape index (κ3) is 4.37. The molecule has 28 heavy (non-hydrogen) atoms. The molecule has 0 saturated carbocycles. The zero-order valence-electron chi connectivity index (χ0n) is 17.3. The third-order valence-electron chi connectivity index (χ3n) is 4.95. The summed E-state index contributed by atoms with van der Waals surface area (Å²) in [5.41, 5.74) is 4.23. The Hall–Kier alpha value is -1.55. The molecule has 150 valence electrons. The first-order valence-electron chi connectivity index (χ1n) is 9.93. The highest BCUT2D eigenvalue weighted by molar-refractivity contribution is 7.69. The van der Waals surface area contributed by atoms with Crippen molar-refractivity contribution in [3.05, 3.63) is 85.2 Å². The van der Waals surface area contributed by atoms with E-state index in [4.69, 9.17) is 13.3 Å². The first-order valence-corrected chi connectivity index (χ1v) is 17.8. The number of rotatable bonds is 12. The Morgan fingerprint density at radius 2 is 1.07 bits per heavy atom. The SMILES string of the molecule is C=C[Si](C=C)([SiH](c1ccccc1)c1ccccc1)[Si](OCC)(OCC)OCC. The van der Waals surface area contributed by atoms with Crippen LogP contribution in [0.25, 0.3) is 0 Å². The zero-order chi connectivity index (χ0) is 20.5. The van der Waals surface area contributed by atoms with Crippen molar-refractivity contribution in [2.45, 2.75) is 20.8 Å². The molecule has 2 aromatic rings. The van der Waals surface area contributed by atoms with E-state index in [9.17, 15) is 0 Å². The van der Waals surface area contributed by atoms with E-state index in [-0.39, 0.29) is 0 Å². The van der Waals surface area contributed by atoms with Gasteiger partial charge in [-0.25, -0.2) is 0 Å². The normalized spacial score (nSPS) is 12.1. The lowest BCUT2D eigenvalue weighted by atomic mass is 10.4. The summed E-state index contributed by atoms with van der Waals surface area (Å²) in [6, 6.07) is 21.4. The highest BCUT2D eigenvalue weighted by Crippen LogP contribution is 2.28. The average molecular weight is 429 g/mol. The van der Waals surface area contributed by atoms with Crippen LogP contribution >= 0.6 is 0 Å². The van der Waals surface area contributed by atoms with Crippen molar-refractivity contribution in [1.29, 1.82) is 0 Å². The maximum Gasteiger partial charge on any atom is 0.477 e. The van der Waals surface area contributed by atoms with E-state index in [1.54, 1.807) is 0 Å². The first-order chi connectivity index (χ1) is 13.6. The molecule has 0 aromatic heterocycles. The van der Waals surface area contributed by atoms with Crippen LogP contribution in [0.2, 0.25) is 0 Å². The minimum atomic E-state index is -3.04. The Labute approximate surface area is 173 Å². The van der Waals surface area contributed by atoms with Gasteiger partial charge in [0.1, 0.15) is 8.31 Å². The second kappa shape index (κ2) is 10.8. The summed E-state index contributed by atoms with van der Waals surface area (Å²) in [6.45, 7) is 16.3. The fourth-order valence-electron chi connectivity index (χ4n) is 3.85. The van der Waals surface area contributed by atoms with Crippen LogP contribution in [-0.4, -0.2) is 43.6 Å². The van der Waals surface area contributed by atoms with E-state index in [2.05, 4.69) is 85.2 Å². The van der Waals surface area contributed by atoms with Crippen molar-refractivity contribution < 1.29 is 13.3 Å². The van der Waals surface area contributed by atoms with E-state index < -0.39 is 23.7 Å². The summed E-state index contributed by atoms with van der Waals surface area (Å²) >= 11 is 0. The molecule has 0 saturated heterocycles. The molecule has 0 bridgehead atoms. The van der Waals surface area contributed by atoms with Crippen molar-refractivity contribution in [2.24, 2.45) is 0 Å². The predicted molar refractivity (Wildman–Crippen MR) is 126 cm³/mol. The topological polar surface area (TPSA) is 27.7 Å². The summed E-state index contributed by atoms with van der Waals surface area (Å²) in [7, 11) is -7.43. The highest BCUT2D eigenvalue weighted by Gasteiger charge is 2.64. The first kappa shape index (κ1) is 22.7. The van der Waals surface area contributed by atoms with Gasteiger partial charge in [-0.2, -0.15) is 0 Å². The summed E-state index contributed by atoms with van der Waals surface area (Å²) in [6.07, 6.45) is 0. The van der Waals surface area contributed by atoms with Gasteiger partial charge < -0.3 is 13.3 Å². The Kier molecular flexibility index (Phi) is 8.81. The summed E-state index contributed by atoms with van der Waals surface area (Å²) in [5.74, 6) is 0. The lowest BCUT2D eigenvalue weighted by molar-refractivity contribution is 0.0918. The lowest BCUT2D eigenvalue weighted by Crippen LogP contribution is -2.79. The fraction of sp³-hybridized carbons (Fsp3) is 0.273. The second-order valence-corrected chi connectivity index (χ2v) is 24.1. The molecule has 0 unspecified atom stereocenters. The zero-order valence-corrected chi connectivity index (χ0v) is 20.4. The van der Waals surface area contributed by atoms with Gasteiger partial charge in [0.25, 0.3) is 0 Å². The van der Waals surface area contributed by atoms with Gasteiger partial charge in [-0.1, -0.05) is 82.4 Å². The molecule has 0 spiro atoms. The van der Waals surface area contributed by atoms with Gasteiger partial charge in [-0.05, 0) is 20.8 Å². The van der Waals surface area contributed by atoms with Gasteiger partial charge in [0.2, 0.25) is 0 Å². The minimum Gasteiger partial charge on any atom is -0.376 e. The molecule has 0 heterocycles. The largest absolute Gasteiger partial charge is 0.477 e. The van der Waals surface area contributed by atoms with Gasteiger partial charge in [0, 0.05) is 19.8 Å². The highest BCUT2D eigenvalue weighted by atomic mass is 29.6. The van der Waals surface area contributed by atoms with Crippen LogP contribution in [0.1, 0.15) is 20.8 Å². The Morgan fingerprint density at radius 3 is 1.36 bits per heavy atom. The predicted octanol–water partition coefficient (Wildman–Crippen LogP) is 3.13. The quantitative estimate of drug-likeness (QED) is 0.486. The maximum atomic E-state index is 6.43. The molecule has 2 aromatic carbocycles. The molecule has 0 radical (unpaired) electrons. The van der Waals surface area contributed by atoms with Crippen LogP contribution in [0, 0.1) is 0 Å². The van der Waals surface area contributed by atoms with Gasteiger partial charge in [-0.15, -0.1) is 13.2 Å². The Morgan fingerprint density at radius 1 is 0.714 bits per heavy atom. The van der Waals surface area contributed by atoms with Crippen LogP contribution in [-0.2, 0) is 13.3 Å². The monoisotopic (exact) mass is 428 g/mol. The molecule has 0 fully saturated rings. The van der Waals surface area contributed by atoms with Crippen LogP contribution in [0.4, 0.5) is 0 Å². The van der Waals surface area contributed by atoms with Crippen molar-refractivity contribution in [3.8, 4) is 0 Å². The molecule has 6 heteroatoms. The standard InChI is InChI=1S/C22H32O3Si3/c1-6-23-28(24-7-2,25-8-3)27(9-4,10-5)26(21-17-13-11-14-18-21)22-19-15-12-16-20-22/h9-20,26H,4-8H2,1-3H3. The van der Waals surface area contributed by atoms with Crippen LogP contribution in [0.5, 0.6) is 0 Å². The second-order valence-electron chi connectivity index (χ2n) is 6.45. The third-order valence-corrected chi connectivity index (χ3v) is 30.2. The molecule has 0 amide bonds. The van der Waals surface area contributed by atoms with Crippen molar-refractivity contribution in [3.63, 3.8) is 0 Å². The summed E-state index contributed by atoms with van der Waals surface area (Å²) < 4.78 is 19.3. The molecule has 0 aliphatic carbocycles. The molecular formula is C22H32O3Si3. The number of hydrogen-bond donors (Lipinski definition) is 0. The van der Waals surface area contributed by atoms with Crippen LogP contribution in [0.15, 0.2) is 85.2 Å². The Bertz CT molecular complexity index is 673. The van der Waals surface area contributed by atoms with Crippen LogP contribution in [0.3, 0.4) is 0 Å². The minimum absolute atomic E-state index is 0.549.